The third-order valence-corrected chi connectivity index (χ3v) is 6.73. The fraction of sp³-hybridized carbons (Fsp3) is 0.500. The molecule has 0 aromatic carbocycles. The van der Waals surface area contributed by atoms with Crippen molar-refractivity contribution in [3.63, 3.8) is 0 Å². The average Bonchev–Trinajstić information content (AvgIpc) is 2.98. The molecule has 0 N–H and O–H groups in total. The number of furan rings is 1. The van der Waals surface area contributed by atoms with Gasteiger partial charge in [0.1, 0.15) is 5.76 Å². The molecule has 0 radical (unpaired) electrons. The molecule has 2 aromatic rings. The largest absolute Gasteiger partial charge is 0.469 e. The van der Waals surface area contributed by atoms with Crippen LogP contribution in [-0.4, -0.2) is 40.7 Å². The van der Waals surface area contributed by atoms with E-state index in [0.717, 1.165) is 32.4 Å². The topological polar surface area (TPSA) is 53.8 Å². The van der Waals surface area contributed by atoms with Crippen molar-refractivity contribution in [2.75, 3.05) is 13.1 Å². The van der Waals surface area contributed by atoms with Gasteiger partial charge in [0.2, 0.25) is 5.91 Å². The van der Waals surface area contributed by atoms with Gasteiger partial charge in [-0.15, -0.1) is 0 Å². The van der Waals surface area contributed by atoms with Crippen LogP contribution < -0.4 is 0 Å². The molecule has 1 saturated carbocycles. The van der Waals surface area contributed by atoms with Crippen molar-refractivity contribution >= 4 is 23.2 Å². The Hall–Kier alpha value is -2.08. The summed E-state index contributed by atoms with van der Waals surface area (Å²) >= 11 is 1.67. The molecule has 1 spiro atoms. The van der Waals surface area contributed by atoms with Crippen LogP contribution in [0.3, 0.4) is 0 Å². The first kappa shape index (κ1) is 17.3. The van der Waals surface area contributed by atoms with E-state index >= 15 is 0 Å². The summed E-state index contributed by atoms with van der Waals surface area (Å²) in [5, 5.41) is 4.16. The summed E-state index contributed by atoms with van der Waals surface area (Å²) in [4.78, 5) is 28.8. The van der Waals surface area contributed by atoms with Gasteiger partial charge in [-0.05, 0) is 60.1 Å². The molecule has 1 atom stereocenters. The van der Waals surface area contributed by atoms with Gasteiger partial charge in [0.25, 0.3) is 5.91 Å². The molecule has 4 rings (SSSR count). The minimum absolute atomic E-state index is 0.0602. The Morgan fingerprint density at radius 1 is 1.35 bits per heavy atom. The lowest BCUT2D eigenvalue weighted by Gasteiger charge is -2.34. The maximum absolute atomic E-state index is 12.7. The first-order chi connectivity index (χ1) is 12.5. The van der Waals surface area contributed by atoms with E-state index in [1.807, 2.05) is 16.7 Å². The number of hydrogen-bond acceptors (Lipinski definition) is 4. The van der Waals surface area contributed by atoms with E-state index in [0.29, 0.717) is 23.9 Å². The molecule has 26 heavy (non-hydrogen) atoms. The van der Waals surface area contributed by atoms with Crippen molar-refractivity contribution < 1.29 is 14.0 Å². The molecule has 138 valence electrons. The van der Waals surface area contributed by atoms with E-state index in [9.17, 15) is 9.59 Å². The Balaban J connectivity index is 1.39. The van der Waals surface area contributed by atoms with Crippen LogP contribution in [0.2, 0.25) is 0 Å². The van der Waals surface area contributed by atoms with Gasteiger partial charge >= 0.3 is 0 Å². The second-order valence-electron chi connectivity index (χ2n) is 7.54. The van der Waals surface area contributed by atoms with Gasteiger partial charge < -0.3 is 14.2 Å². The monoisotopic (exact) mass is 372 g/mol. The molecule has 2 aliphatic rings. The van der Waals surface area contributed by atoms with E-state index < -0.39 is 0 Å². The molecule has 1 saturated heterocycles. The van der Waals surface area contributed by atoms with Crippen molar-refractivity contribution in [3.05, 3.63) is 46.0 Å². The Bertz CT molecular complexity index is 803. The number of carbonyl (C=O) groups excluding carboxylic acids is 2. The summed E-state index contributed by atoms with van der Waals surface area (Å²) in [5.74, 6) is 0.883. The van der Waals surface area contributed by atoms with Crippen LogP contribution >= 0.6 is 11.3 Å². The molecular weight excluding hydrogens is 348 g/mol. The number of piperidine rings is 1. The summed E-state index contributed by atoms with van der Waals surface area (Å²) < 4.78 is 5.26. The number of rotatable bonds is 4. The third-order valence-electron chi connectivity index (χ3n) is 6.00. The van der Waals surface area contributed by atoms with Crippen molar-refractivity contribution in [3.8, 4) is 0 Å². The zero-order chi connectivity index (χ0) is 18.3. The average molecular weight is 372 g/mol. The van der Waals surface area contributed by atoms with Crippen LogP contribution in [-0.2, 0) is 11.3 Å². The maximum atomic E-state index is 12.7. The quantitative estimate of drug-likeness (QED) is 0.822. The molecule has 1 aliphatic heterocycles. The Kier molecular flexibility index (Phi) is 4.39. The first-order valence-corrected chi connectivity index (χ1v) is 10.1. The predicted octanol–water partition coefficient (Wildman–Crippen LogP) is 3.69. The second kappa shape index (κ2) is 6.58. The van der Waals surface area contributed by atoms with E-state index in [1.165, 1.54) is 5.56 Å². The van der Waals surface area contributed by atoms with E-state index in [-0.39, 0.29) is 17.2 Å². The predicted molar refractivity (Wildman–Crippen MR) is 100.0 cm³/mol. The van der Waals surface area contributed by atoms with Crippen LogP contribution in [0.1, 0.15) is 47.9 Å². The lowest BCUT2D eigenvalue weighted by atomic mass is 9.91. The van der Waals surface area contributed by atoms with Crippen LogP contribution in [0.4, 0.5) is 0 Å². The Morgan fingerprint density at radius 3 is 2.69 bits per heavy atom. The summed E-state index contributed by atoms with van der Waals surface area (Å²) in [6, 6.07) is 4.15. The third kappa shape index (κ3) is 3.07. The normalized spacial score (nSPS) is 21.0. The van der Waals surface area contributed by atoms with E-state index in [1.54, 1.807) is 30.6 Å². The highest BCUT2D eigenvalue weighted by Crippen LogP contribution is 2.57. The highest BCUT2D eigenvalue weighted by atomic mass is 32.1. The highest BCUT2D eigenvalue weighted by molar-refractivity contribution is 7.07. The van der Waals surface area contributed by atoms with Crippen LogP contribution in [0, 0.1) is 12.3 Å². The van der Waals surface area contributed by atoms with Gasteiger partial charge in [0.15, 0.2) is 0 Å². The molecule has 0 unspecified atom stereocenters. The summed E-state index contributed by atoms with van der Waals surface area (Å²) in [5.41, 5.74) is 2.07. The molecule has 1 aliphatic carbocycles. The molecule has 2 fully saturated rings. The zero-order valence-corrected chi connectivity index (χ0v) is 16.1. The SMILES string of the molecule is CC(=O)N(Cc1ccsc1)[C@@H]1CC12CCN(C(=O)c1ccoc1C)CC2. The number of likely N-dealkylation sites (tertiary alicyclic amines) is 1. The highest BCUT2D eigenvalue weighted by Gasteiger charge is 2.58. The minimum atomic E-state index is 0.0602. The number of carbonyl (C=O) groups is 2. The molecule has 0 bridgehead atoms. The number of nitrogens with zero attached hydrogens (tertiary/aromatic N) is 2. The minimum Gasteiger partial charge on any atom is -0.469 e. The van der Waals surface area contributed by atoms with Gasteiger partial charge in [-0.3, -0.25) is 9.59 Å². The lowest BCUT2D eigenvalue weighted by molar-refractivity contribution is -0.130. The van der Waals surface area contributed by atoms with Crippen molar-refractivity contribution in [1.82, 2.24) is 9.80 Å². The molecular formula is C20H24N2O3S. The lowest BCUT2D eigenvalue weighted by Crippen LogP contribution is -2.42. The standard InChI is InChI=1S/C20H24N2O3S/c1-14-17(3-9-25-14)19(24)21-7-5-20(6-8-21)11-18(20)22(15(2)23)12-16-4-10-26-13-16/h3-4,9-10,13,18H,5-8,11-12H2,1-2H3/t18-/m1/s1. The van der Waals surface area contributed by atoms with Crippen LogP contribution in [0.5, 0.6) is 0 Å². The zero-order valence-electron chi connectivity index (χ0n) is 15.2. The smallest absolute Gasteiger partial charge is 0.257 e. The van der Waals surface area contributed by atoms with Crippen molar-refractivity contribution in [2.45, 2.75) is 45.7 Å². The summed E-state index contributed by atoms with van der Waals surface area (Å²) in [6.45, 7) is 5.69. The van der Waals surface area contributed by atoms with Gasteiger partial charge in [-0.25, -0.2) is 0 Å². The molecule has 5 nitrogen and oxygen atoms in total. The van der Waals surface area contributed by atoms with Crippen molar-refractivity contribution in [2.24, 2.45) is 5.41 Å². The summed E-state index contributed by atoms with van der Waals surface area (Å²) in [7, 11) is 0. The van der Waals surface area contributed by atoms with Gasteiger partial charge in [0.05, 0.1) is 11.8 Å². The van der Waals surface area contributed by atoms with Gasteiger partial charge in [-0.2, -0.15) is 11.3 Å². The van der Waals surface area contributed by atoms with E-state index in [2.05, 4.69) is 16.8 Å². The fourth-order valence-corrected chi connectivity index (χ4v) is 4.92. The molecule has 2 amide bonds. The fourth-order valence-electron chi connectivity index (χ4n) is 4.26. The first-order valence-electron chi connectivity index (χ1n) is 9.12. The van der Waals surface area contributed by atoms with Gasteiger partial charge in [0, 0.05) is 32.6 Å². The molecule has 6 heteroatoms. The Morgan fingerprint density at radius 2 is 2.12 bits per heavy atom. The number of thiophene rings is 1. The van der Waals surface area contributed by atoms with Crippen LogP contribution in [0.15, 0.2) is 33.6 Å². The number of hydrogen-bond donors (Lipinski definition) is 0. The second-order valence-corrected chi connectivity index (χ2v) is 8.32. The Labute approximate surface area is 157 Å². The number of aryl methyl sites for hydroxylation is 1. The molecule has 2 aromatic heterocycles. The summed E-state index contributed by atoms with van der Waals surface area (Å²) in [6.07, 6.45) is 4.56. The number of amides is 2. The maximum Gasteiger partial charge on any atom is 0.257 e. The van der Waals surface area contributed by atoms with Crippen molar-refractivity contribution in [1.29, 1.82) is 0 Å². The van der Waals surface area contributed by atoms with Gasteiger partial charge in [-0.1, -0.05) is 0 Å². The van der Waals surface area contributed by atoms with E-state index in [4.69, 9.17) is 4.42 Å². The van der Waals surface area contributed by atoms with Crippen LogP contribution in [0.25, 0.3) is 0 Å². The molecule has 3 heterocycles.